The maximum atomic E-state index is 14.5. The Kier molecular flexibility index (Phi) is 8.22. The van der Waals surface area contributed by atoms with Gasteiger partial charge in [0.25, 0.3) is 10.0 Å². The molecule has 0 spiro atoms. The number of likely N-dealkylation sites (N-methyl/N-ethyl adjacent to an activating group) is 1. The standard InChI is InChI=1S/C23H31FN4O3S/c1-19-8-10-20(11-9-19)32(30,31)28(22-7-4-3-6-21(22)24)18-23(29)25-12-5-13-27-16-14-26(2)15-17-27/h3-4,6-11H,5,12-18H2,1-2H3,(H,25,29). The second-order valence-corrected chi connectivity index (χ2v) is 9.99. The van der Waals surface area contributed by atoms with Crippen molar-refractivity contribution in [2.45, 2.75) is 18.2 Å². The molecule has 0 aromatic heterocycles. The minimum Gasteiger partial charge on any atom is -0.354 e. The van der Waals surface area contributed by atoms with Gasteiger partial charge in [-0.15, -0.1) is 0 Å². The van der Waals surface area contributed by atoms with E-state index in [1.165, 1.54) is 30.3 Å². The Morgan fingerprint density at radius 3 is 2.38 bits per heavy atom. The molecule has 9 heteroatoms. The maximum absolute atomic E-state index is 14.5. The van der Waals surface area contributed by atoms with Gasteiger partial charge in [0.15, 0.2) is 0 Å². The maximum Gasteiger partial charge on any atom is 0.264 e. The molecule has 1 saturated heterocycles. The zero-order valence-electron chi connectivity index (χ0n) is 18.6. The van der Waals surface area contributed by atoms with Crippen molar-refractivity contribution in [3.63, 3.8) is 0 Å². The predicted molar refractivity (Wildman–Crippen MR) is 124 cm³/mol. The lowest BCUT2D eigenvalue weighted by molar-refractivity contribution is -0.119. The molecule has 2 aromatic carbocycles. The van der Waals surface area contributed by atoms with Crippen LogP contribution in [0.5, 0.6) is 0 Å². The molecule has 2 aromatic rings. The van der Waals surface area contributed by atoms with Gasteiger partial charge in [0.1, 0.15) is 12.4 Å². The molecular formula is C23H31FN4O3S. The first-order valence-corrected chi connectivity index (χ1v) is 12.2. The van der Waals surface area contributed by atoms with Crippen molar-refractivity contribution in [3.8, 4) is 0 Å². The predicted octanol–water partition coefficient (Wildman–Crippen LogP) is 2.08. The number of hydrogen-bond donors (Lipinski definition) is 1. The van der Waals surface area contributed by atoms with Crippen LogP contribution in [0.2, 0.25) is 0 Å². The number of benzene rings is 2. The molecular weight excluding hydrogens is 431 g/mol. The summed E-state index contributed by atoms with van der Waals surface area (Å²) >= 11 is 0. The number of halogens is 1. The number of carbonyl (C=O) groups excluding carboxylic acids is 1. The third kappa shape index (κ3) is 6.27. The number of nitrogens with one attached hydrogen (secondary N) is 1. The van der Waals surface area contributed by atoms with Gasteiger partial charge in [-0.05, 0) is 51.2 Å². The third-order valence-electron chi connectivity index (χ3n) is 5.59. The molecule has 0 aliphatic carbocycles. The van der Waals surface area contributed by atoms with Gasteiger partial charge in [-0.2, -0.15) is 0 Å². The molecule has 0 bridgehead atoms. The normalized spacial score (nSPS) is 15.5. The van der Waals surface area contributed by atoms with Crippen LogP contribution in [-0.4, -0.2) is 77.0 Å². The number of anilines is 1. The molecule has 3 rings (SSSR count). The number of piperazine rings is 1. The van der Waals surface area contributed by atoms with Crippen LogP contribution in [0.1, 0.15) is 12.0 Å². The minimum atomic E-state index is -4.12. The van der Waals surface area contributed by atoms with Crippen molar-refractivity contribution in [2.75, 3.05) is 57.2 Å². The zero-order chi connectivity index (χ0) is 23.1. The molecule has 0 unspecified atom stereocenters. The lowest BCUT2D eigenvalue weighted by Crippen LogP contribution is -2.45. The van der Waals surface area contributed by atoms with Gasteiger partial charge < -0.3 is 15.1 Å². The second kappa shape index (κ2) is 10.9. The van der Waals surface area contributed by atoms with Crippen LogP contribution in [0.25, 0.3) is 0 Å². The van der Waals surface area contributed by atoms with Gasteiger partial charge in [0.2, 0.25) is 5.91 Å². The summed E-state index contributed by atoms with van der Waals surface area (Å²) in [4.78, 5) is 17.2. The summed E-state index contributed by atoms with van der Waals surface area (Å²) in [5.41, 5.74) is 0.750. The van der Waals surface area contributed by atoms with Crippen molar-refractivity contribution in [1.82, 2.24) is 15.1 Å². The monoisotopic (exact) mass is 462 g/mol. The molecule has 32 heavy (non-hydrogen) atoms. The summed E-state index contributed by atoms with van der Waals surface area (Å²) < 4.78 is 41.9. The average Bonchev–Trinajstić information content (AvgIpc) is 2.77. The van der Waals surface area contributed by atoms with Crippen LogP contribution in [0.4, 0.5) is 10.1 Å². The van der Waals surface area contributed by atoms with Crippen molar-refractivity contribution in [1.29, 1.82) is 0 Å². The quantitative estimate of drug-likeness (QED) is 0.578. The molecule has 1 aliphatic heterocycles. The van der Waals surface area contributed by atoms with E-state index in [9.17, 15) is 17.6 Å². The first-order valence-electron chi connectivity index (χ1n) is 10.8. The molecule has 0 saturated carbocycles. The number of carbonyl (C=O) groups is 1. The lowest BCUT2D eigenvalue weighted by atomic mass is 10.2. The number of sulfonamides is 1. The van der Waals surface area contributed by atoms with Gasteiger partial charge in [0, 0.05) is 32.7 Å². The van der Waals surface area contributed by atoms with Crippen molar-refractivity contribution in [2.24, 2.45) is 0 Å². The summed E-state index contributed by atoms with van der Waals surface area (Å²) in [6.07, 6.45) is 0.764. The fourth-order valence-corrected chi connectivity index (χ4v) is 5.01. The van der Waals surface area contributed by atoms with Gasteiger partial charge >= 0.3 is 0 Å². The molecule has 1 heterocycles. The van der Waals surface area contributed by atoms with Gasteiger partial charge in [-0.25, -0.2) is 12.8 Å². The van der Waals surface area contributed by atoms with Crippen LogP contribution < -0.4 is 9.62 Å². The Labute approximate surface area is 189 Å². The summed E-state index contributed by atoms with van der Waals surface area (Å²) in [7, 11) is -2.02. The number of amides is 1. The van der Waals surface area contributed by atoms with E-state index in [1.807, 2.05) is 6.92 Å². The smallest absolute Gasteiger partial charge is 0.264 e. The molecule has 7 nitrogen and oxygen atoms in total. The van der Waals surface area contributed by atoms with Crippen LogP contribution in [0, 0.1) is 12.7 Å². The largest absolute Gasteiger partial charge is 0.354 e. The van der Waals surface area contributed by atoms with Crippen LogP contribution in [0.3, 0.4) is 0 Å². The molecule has 1 N–H and O–H groups in total. The van der Waals surface area contributed by atoms with E-state index in [0.717, 1.165) is 49.0 Å². The minimum absolute atomic E-state index is 0.00854. The molecule has 1 aliphatic rings. The van der Waals surface area contributed by atoms with E-state index >= 15 is 0 Å². The highest BCUT2D eigenvalue weighted by Gasteiger charge is 2.29. The summed E-state index contributed by atoms with van der Waals surface area (Å²) in [5, 5.41) is 2.78. The Morgan fingerprint density at radius 2 is 1.72 bits per heavy atom. The topological polar surface area (TPSA) is 73.0 Å². The van der Waals surface area contributed by atoms with Gasteiger partial charge in [0.05, 0.1) is 10.6 Å². The Balaban J connectivity index is 1.66. The van der Waals surface area contributed by atoms with Crippen LogP contribution in [-0.2, 0) is 14.8 Å². The molecule has 1 fully saturated rings. The highest BCUT2D eigenvalue weighted by atomic mass is 32.2. The molecule has 0 radical (unpaired) electrons. The van der Waals surface area contributed by atoms with Crippen molar-refractivity contribution >= 4 is 21.6 Å². The summed E-state index contributed by atoms with van der Waals surface area (Å²) in [5.74, 6) is -1.17. The van der Waals surface area contributed by atoms with E-state index < -0.39 is 28.3 Å². The number of aryl methyl sites for hydroxylation is 1. The second-order valence-electron chi connectivity index (χ2n) is 8.12. The fourth-order valence-electron chi connectivity index (χ4n) is 3.58. The fraction of sp³-hybridized carbons (Fsp3) is 0.435. The highest BCUT2D eigenvalue weighted by Crippen LogP contribution is 2.26. The Bertz CT molecular complexity index is 1010. The third-order valence-corrected chi connectivity index (χ3v) is 7.36. The van der Waals surface area contributed by atoms with Gasteiger partial charge in [-0.1, -0.05) is 29.8 Å². The Morgan fingerprint density at radius 1 is 1.06 bits per heavy atom. The van der Waals surface area contributed by atoms with Crippen LogP contribution >= 0.6 is 0 Å². The SMILES string of the molecule is Cc1ccc(S(=O)(=O)N(CC(=O)NCCCN2CCN(C)CC2)c2ccccc2F)cc1. The highest BCUT2D eigenvalue weighted by molar-refractivity contribution is 7.92. The van der Waals surface area contributed by atoms with Gasteiger partial charge in [-0.3, -0.25) is 9.10 Å². The average molecular weight is 463 g/mol. The molecule has 0 atom stereocenters. The van der Waals surface area contributed by atoms with Crippen molar-refractivity contribution in [3.05, 3.63) is 59.9 Å². The van der Waals surface area contributed by atoms with E-state index in [1.54, 1.807) is 18.2 Å². The number of nitrogens with zero attached hydrogens (tertiary/aromatic N) is 3. The summed E-state index contributed by atoms with van der Waals surface area (Å²) in [6, 6.07) is 11.8. The first kappa shape index (κ1) is 24.2. The zero-order valence-corrected chi connectivity index (χ0v) is 19.4. The van der Waals surface area contributed by atoms with E-state index in [4.69, 9.17) is 0 Å². The van der Waals surface area contributed by atoms with Crippen molar-refractivity contribution < 1.29 is 17.6 Å². The molecule has 1 amide bonds. The summed E-state index contributed by atoms with van der Waals surface area (Å²) in [6.45, 7) is 6.71. The number of hydrogen-bond acceptors (Lipinski definition) is 5. The lowest BCUT2D eigenvalue weighted by Gasteiger charge is -2.32. The van der Waals surface area contributed by atoms with Crippen LogP contribution in [0.15, 0.2) is 53.4 Å². The van der Waals surface area contributed by atoms with E-state index in [0.29, 0.717) is 6.54 Å². The van der Waals surface area contributed by atoms with E-state index in [2.05, 4.69) is 22.2 Å². The molecule has 174 valence electrons. The first-order chi connectivity index (χ1) is 15.3. The number of rotatable bonds is 9. The Hall–Kier alpha value is -2.49. The number of para-hydroxylation sites is 1. The van der Waals surface area contributed by atoms with E-state index in [-0.39, 0.29) is 10.6 Å².